The molecule has 0 fully saturated rings. The van der Waals surface area contributed by atoms with Crippen molar-refractivity contribution >= 4 is 0 Å². The molecule has 2 aromatic heterocycles. The molecule has 104 valence electrons. The topological polar surface area (TPSA) is 50.7 Å². The number of nitrogens with zero attached hydrogens (tertiary/aromatic N) is 3. The van der Waals surface area contributed by atoms with Gasteiger partial charge in [0.15, 0.2) is 0 Å². The first-order valence-corrected chi connectivity index (χ1v) is 7.34. The summed E-state index contributed by atoms with van der Waals surface area (Å²) in [5.74, 6) is 1.24. The van der Waals surface area contributed by atoms with Crippen LogP contribution in [0.25, 0.3) is 0 Å². The number of pyridine rings is 1. The van der Waals surface area contributed by atoms with E-state index in [9.17, 15) is 0 Å². The number of hydrogen-bond acceptors (Lipinski definition) is 4. The van der Waals surface area contributed by atoms with Crippen LogP contribution in [0, 0.1) is 0 Å². The number of fused-ring (bicyclic) bond motifs is 1. The van der Waals surface area contributed by atoms with Gasteiger partial charge in [-0.3, -0.25) is 4.98 Å². The Bertz CT molecular complexity index is 555. The number of hydrogen-bond donors (Lipinski definition) is 1. The lowest BCUT2D eigenvalue weighted by atomic mass is 9.81. The zero-order valence-electron chi connectivity index (χ0n) is 11.8. The van der Waals surface area contributed by atoms with E-state index < -0.39 is 0 Å². The highest BCUT2D eigenvalue weighted by molar-refractivity contribution is 5.28. The Kier molecular flexibility index (Phi) is 4.02. The molecule has 0 amide bonds. The molecule has 1 N–H and O–H groups in total. The molecule has 4 heteroatoms. The zero-order chi connectivity index (χ0) is 13.8. The normalized spacial score (nSPS) is 19.4. The zero-order valence-corrected chi connectivity index (χ0v) is 11.8. The molecule has 0 aliphatic heterocycles. The maximum Gasteiger partial charge on any atom is 0.145 e. The van der Waals surface area contributed by atoms with Gasteiger partial charge in [0, 0.05) is 30.2 Å². The molecule has 1 aliphatic rings. The van der Waals surface area contributed by atoms with Crippen molar-refractivity contribution in [3.05, 3.63) is 53.9 Å². The van der Waals surface area contributed by atoms with Crippen LogP contribution >= 0.6 is 0 Å². The van der Waals surface area contributed by atoms with Crippen LogP contribution in [-0.2, 0) is 6.42 Å². The molecule has 1 aliphatic carbocycles. The third-order valence-electron chi connectivity index (χ3n) is 3.93. The molecule has 3 rings (SSSR count). The third kappa shape index (κ3) is 2.56. The summed E-state index contributed by atoms with van der Waals surface area (Å²) >= 11 is 0. The lowest BCUT2D eigenvalue weighted by molar-refractivity contribution is 0.386. The van der Waals surface area contributed by atoms with Gasteiger partial charge in [-0.2, -0.15) is 0 Å². The Labute approximate surface area is 119 Å². The van der Waals surface area contributed by atoms with Gasteiger partial charge in [0.05, 0.1) is 6.04 Å². The summed E-state index contributed by atoms with van der Waals surface area (Å²) < 4.78 is 0. The molecule has 0 saturated heterocycles. The van der Waals surface area contributed by atoms with Gasteiger partial charge in [-0.25, -0.2) is 9.97 Å². The van der Waals surface area contributed by atoms with Gasteiger partial charge in [-0.05, 0) is 43.5 Å². The van der Waals surface area contributed by atoms with Crippen LogP contribution in [0.15, 0.2) is 36.8 Å². The Hall–Kier alpha value is -1.81. The third-order valence-corrected chi connectivity index (χ3v) is 3.93. The first-order chi connectivity index (χ1) is 9.90. The summed E-state index contributed by atoms with van der Waals surface area (Å²) in [4.78, 5) is 13.5. The van der Waals surface area contributed by atoms with Gasteiger partial charge in [-0.15, -0.1) is 0 Å². The maximum atomic E-state index is 4.63. The van der Waals surface area contributed by atoms with Crippen molar-refractivity contribution in [1.29, 1.82) is 0 Å². The van der Waals surface area contributed by atoms with Crippen LogP contribution in [0.1, 0.15) is 48.8 Å². The predicted molar refractivity (Wildman–Crippen MR) is 78.4 cm³/mol. The molecular weight excluding hydrogens is 248 g/mol. The van der Waals surface area contributed by atoms with E-state index >= 15 is 0 Å². The monoisotopic (exact) mass is 268 g/mol. The molecule has 2 aromatic rings. The quantitative estimate of drug-likeness (QED) is 0.926. The number of aromatic nitrogens is 3. The fourth-order valence-electron chi connectivity index (χ4n) is 3.07. The van der Waals surface area contributed by atoms with Crippen molar-refractivity contribution < 1.29 is 0 Å². The van der Waals surface area contributed by atoms with E-state index in [1.165, 1.54) is 17.7 Å². The molecule has 2 heterocycles. The van der Waals surface area contributed by atoms with Crippen molar-refractivity contribution in [1.82, 2.24) is 20.3 Å². The summed E-state index contributed by atoms with van der Waals surface area (Å²) in [5.41, 5.74) is 2.60. The van der Waals surface area contributed by atoms with Gasteiger partial charge < -0.3 is 5.32 Å². The van der Waals surface area contributed by atoms with E-state index in [-0.39, 0.29) is 6.04 Å². The largest absolute Gasteiger partial charge is 0.307 e. The first kappa shape index (κ1) is 13.2. The van der Waals surface area contributed by atoms with E-state index in [1.54, 1.807) is 0 Å². The highest BCUT2D eigenvalue weighted by Crippen LogP contribution is 2.37. The van der Waals surface area contributed by atoms with Crippen LogP contribution in [0.3, 0.4) is 0 Å². The average Bonchev–Trinajstić information content (AvgIpc) is 2.53. The van der Waals surface area contributed by atoms with E-state index in [4.69, 9.17) is 0 Å². The van der Waals surface area contributed by atoms with Crippen LogP contribution < -0.4 is 5.32 Å². The molecule has 0 saturated carbocycles. The van der Waals surface area contributed by atoms with Crippen molar-refractivity contribution in [2.75, 3.05) is 6.54 Å². The van der Waals surface area contributed by atoms with Crippen molar-refractivity contribution in [2.45, 2.75) is 38.1 Å². The number of likely N-dealkylation sites (N-methyl/N-ethyl adjacent to an activating group) is 1. The van der Waals surface area contributed by atoms with E-state index in [0.717, 1.165) is 25.2 Å². The van der Waals surface area contributed by atoms with Crippen molar-refractivity contribution in [2.24, 2.45) is 0 Å². The lowest BCUT2D eigenvalue weighted by Crippen LogP contribution is -2.31. The minimum atomic E-state index is 0.148. The molecule has 2 atom stereocenters. The van der Waals surface area contributed by atoms with E-state index in [0.29, 0.717) is 5.92 Å². The number of nitrogens with one attached hydrogen (secondary N) is 1. The molecule has 2 unspecified atom stereocenters. The van der Waals surface area contributed by atoms with E-state index in [1.807, 2.05) is 30.7 Å². The molecule has 0 bridgehead atoms. The molecule has 0 radical (unpaired) electrons. The second kappa shape index (κ2) is 6.09. The number of rotatable bonds is 4. The van der Waals surface area contributed by atoms with Crippen molar-refractivity contribution in [3.8, 4) is 0 Å². The maximum absolute atomic E-state index is 4.63. The van der Waals surface area contributed by atoms with Crippen LogP contribution in [0.5, 0.6) is 0 Å². The lowest BCUT2D eigenvalue weighted by Gasteiger charge is -2.30. The molecular formula is C16H20N4. The summed E-state index contributed by atoms with van der Waals surface area (Å²) in [5, 5.41) is 3.54. The fourth-order valence-corrected chi connectivity index (χ4v) is 3.07. The molecule has 20 heavy (non-hydrogen) atoms. The highest BCUT2D eigenvalue weighted by Gasteiger charge is 2.31. The minimum Gasteiger partial charge on any atom is -0.307 e. The first-order valence-electron chi connectivity index (χ1n) is 7.34. The Morgan fingerprint density at radius 3 is 2.80 bits per heavy atom. The second-order valence-electron chi connectivity index (χ2n) is 5.19. The van der Waals surface area contributed by atoms with Crippen LogP contribution in [0.2, 0.25) is 0 Å². The molecule has 4 nitrogen and oxygen atoms in total. The van der Waals surface area contributed by atoms with Gasteiger partial charge in [0.25, 0.3) is 0 Å². The van der Waals surface area contributed by atoms with Gasteiger partial charge in [-0.1, -0.05) is 13.0 Å². The standard InChI is InChI=1S/C16H20N4/c1-2-17-15(16-19-10-5-11-20-16)13-8-3-6-12-7-4-9-18-14(12)13/h4-5,7,9-11,13,15,17H,2-3,6,8H2,1H3. The molecule has 0 aromatic carbocycles. The summed E-state index contributed by atoms with van der Waals surface area (Å²) in [6, 6.07) is 6.24. The van der Waals surface area contributed by atoms with Crippen molar-refractivity contribution in [3.63, 3.8) is 0 Å². The number of aryl methyl sites for hydroxylation is 1. The second-order valence-corrected chi connectivity index (χ2v) is 5.19. The Morgan fingerprint density at radius 1 is 1.20 bits per heavy atom. The van der Waals surface area contributed by atoms with Crippen LogP contribution in [-0.4, -0.2) is 21.5 Å². The van der Waals surface area contributed by atoms with E-state index in [2.05, 4.69) is 33.3 Å². The molecule has 0 spiro atoms. The minimum absolute atomic E-state index is 0.148. The fraction of sp³-hybridized carbons (Fsp3) is 0.438. The Morgan fingerprint density at radius 2 is 2.00 bits per heavy atom. The highest BCUT2D eigenvalue weighted by atomic mass is 15.0. The average molecular weight is 268 g/mol. The SMILES string of the molecule is CCNC(c1ncccn1)C1CCCc2cccnc21. The Balaban J connectivity index is 1.97. The smallest absolute Gasteiger partial charge is 0.145 e. The summed E-state index contributed by atoms with van der Waals surface area (Å²) in [7, 11) is 0. The van der Waals surface area contributed by atoms with Gasteiger partial charge >= 0.3 is 0 Å². The van der Waals surface area contributed by atoms with Crippen LogP contribution in [0.4, 0.5) is 0 Å². The predicted octanol–water partition coefficient (Wildman–Crippen LogP) is 2.64. The van der Waals surface area contributed by atoms with Gasteiger partial charge in [0.2, 0.25) is 0 Å². The summed E-state index contributed by atoms with van der Waals surface area (Å²) in [6.07, 6.45) is 9.00. The summed E-state index contributed by atoms with van der Waals surface area (Å²) in [6.45, 7) is 3.03. The van der Waals surface area contributed by atoms with Gasteiger partial charge in [0.1, 0.15) is 5.82 Å².